The summed E-state index contributed by atoms with van der Waals surface area (Å²) in [6.07, 6.45) is 5.96. The Labute approximate surface area is 192 Å². The van der Waals surface area contributed by atoms with Crippen molar-refractivity contribution in [2.45, 2.75) is 122 Å². The molecule has 0 amide bonds. The minimum Gasteiger partial charge on any atom is -0.390 e. The number of rotatable bonds is 4. The molecule has 4 rings (SSSR count). The van der Waals surface area contributed by atoms with E-state index in [0.29, 0.717) is 47.8 Å². The van der Waals surface area contributed by atoms with Crippen molar-refractivity contribution in [2.75, 3.05) is 0 Å². The molecule has 0 aliphatic heterocycles. The molecule has 0 aromatic heterocycles. The van der Waals surface area contributed by atoms with Crippen molar-refractivity contribution in [3.8, 4) is 0 Å². The maximum Gasteiger partial charge on any atom is 0.417 e. The van der Waals surface area contributed by atoms with E-state index in [4.69, 9.17) is 0 Å². The molecule has 2 N–H and O–H groups in total. The Morgan fingerprint density at radius 1 is 0.875 bits per heavy atom. The second-order valence-corrected chi connectivity index (χ2v) is 12.7. The third-order valence-electron chi connectivity index (χ3n) is 10.7. The average Bonchev–Trinajstić information content (AvgIpc) is 2.73. The van der Waals surface area contributed by atoms with Crippen molar-refractivity contribution in [3.05, 3.63) is 0 Å². The van der Waals surface area contributed by atoms with Gasteiger partial charge in [0.15, 0.2) is 5.60 Å². The number of aliphatic hydroxyl groups is 2. The van der Waals surface area contributed by atoms with E-state index in [1.807, 2.05) is 0 Å². The van der Waals surface area contributed by atoms with Gasteiger partial charge < -0.3 is 10.2 Å². The Hall–Kier alpha value is -0.290. The highest BCUT2D eigenvalue weighted by molar-refractivity contribution is 5.03. The van der Waals surface area contributed by atoms with Crippen molar-refractivity contribution in [1.29, 1.82) is 0 Å². The first-order valence-corrected chi connectivity index (χ1v) is 13.4. The van der Waals surface area contributed by atoms with Crippen LogP contribution in [0.5, 0.6) is 0 Å². The SMILES string of the molecule is CC1CCC(O)(CC[C@@H](C)C2CC[C@H](C)[C@@H]3CC[C@H]4C[C@](O)(C(F)(F)F)CC[C@@H]4C23)CC1. The van der Waals surface area contributed by atoms with E-state index in [1.165, 1.54) is 12.8 Å². The summed E-state index contributed by atoms with van der Waals surface area (Å²) in [5.74, 6) is 3.85. The fourth-order valence-electron chi connectivity index (χ4n) is 8.41. The first kappa shape index (κ1) is 24.8. The highest BCUT2D eigenvalue weighted by atomic mass is 19.4. The second kappa shape index (κ2) is 9.06. The number of halogens is 3. The van der Waals surface area contributed by atoms with Crippen LogP contribution in [0, 0.1) is 47.3 Å². The van der Waals surface area contributed by atoms with Gasteiger partial charge in [-0.25, -0.2) is 0 Å². The first-order valence-electron chi connectivity index (χ1n) is 13.4. The van der Waals surface area contributed by atoms with Crippen LogP contribution in [0.15, 0.2) is 0 Å². The van der Waals surface area contributed by atoms with E-state index in [-0.39, 0.29) is 18.8 Å². The van der Waals surface area contributed by atoms with Gasteiger partial charge in [0.25, 0.3) is 0 Å². The van der Waals surface area contributed by atoms with E-state index in [0.717, 1.165) is 51.4 Å². The zero-order valence-electron chi connectivity index (χ0n) is 20.3. The summed E-state index contributed by atoms with van der Waals surface area (Å²) in [7, 11) is 0. The van der Waals surface area contributed by atoms with Gasteiger partial charge in [0.1, 0.15) is 0 Å². The third-order valence-corrected chi connectivity index (χ3v) is 10.7. The number of hydrogen-bond acceptors (Lipinski definition) is 2. The summed E-state index contributed by atoms with van der Waals surface area (Å²) >= 11 is 0. The summed E-state index contributed by atoms with van der Waals surface area (Å²) < 4.78 is 40.6. The molecule has 4 fully saturated rings. The van der Waals surface area contributed by atoms with Crippen LogP contribution in [0.25, 0.3) is 0 Å². The van der Waals surface area contributed by atoms with Crippen LogP contribution in [-0.2, 0) is 0 Å². The van der Waals surface area contributed by atoms with Gasteiger partial charge in [0, 0.05) is 0 Å². The molecule has 0 heterocycles. The van der Waals surface area contributed by atoms with Gasteiger partial charge in [-0.15, -0.1) is 0 Å². The Morgan fingerprint density at radius 2 is 1.56 bits per heavy atom. The lowest BCUT2D eigenvalue weighted by Crippen LogP contribution is -2.55. The highest BCUT2D eigenvalue weighted by Crippen LogP contribution is 2.59. The zero-order valence-corrected chi connectivity index (χ0v) is 20.3. The minimum atomic E-state index is -4.52. The van der Waals surface area contributed by atoms with E-state index in [2.05, 4.69) is 20.8 Å². The molecule has 4 aliphatic rings. The van der Waals surface area contributed by atoms with E-state index in [9.17, 15) is 23.4 Å². The maximum atomic E-state index is 13.5. The monoisotopic (exact) mass is 458 g/mol. The van der Waals surface area contributed by atoms with Gasteiger partial charge in [0.05, 0.1) is 5.60 Å². The van der Waals surface area contributed by atoms with Crippen LogP contribution >= 0.6 is 0 Å². The van der Waals surface area contributed by atoms with Gasteiger partial charge in [0.2, 0.25) is 0 Å². The first-order chi connectivity index (χ1) is 14.9. The number of hydrogen-bond donors (Lipinski definition) is 2. The largest absolute Gasteiger partial charge is 0.417 e. The van der Waals surface area contributed by atoms with Gasteiger partial charge in [-0.1, -0.05) is 27.2 Å². The molecule has 2 unspecified atom stereocenters. The zero-order chi connectivity index (χ0) is 23.3. The van der Waals surface area contributed by atoms with E-state index < -0.39 is 17.4 Å². The molecule has 0 radical (unpaired) electrons. The van der Waals surface area contributed by atoms with Crippen LogP contribution in [0.4, 0.5) is 13.2 Å². The van der Waals surface area contributed by atoms with E-state index >= 15 is 0 Å². The van der Waals surface area contributed by atoms with Crippen molar-refractivity contribution in [2.24, 2.45) is 47.3 Å². The fraction of sp³-hybridized carbons (Fsp3) is 1.00. The Balaban J connectivity index is 1.45. The van der Waals surface area contributed by atoms with Crippen LogP contribution in [0.3, 0.4) is 0 Å². The lowest BCUT2D eigenvalue weighted by atomic mass is 9.49. The highest BCUT2D eigenvalue weighted by Gasteiger charge is 2.60. The van der Waals surface area contributed by atoms with E-state index in [1.54, 1.807) is 0 Å². The van der Waals surface area contributed by atoms with Crippen LogP contribution < -0.4 is 0 Å². The summed E-state index contributed by atoms with van der Waals surface area (Å²) in [6, 6.07) is 0. The molecule has 0 spiro atoms. The van der Waals surface area contributed by atoms with Crippen molar-refractivity contribution >= 4 is 0 Å². The minimum absolute atomic E-state index is 0.000594. The van der Waals surface area contributed by atoms with Crippen molar-refractivity contribution in [3.63, 3.8) is 0 Å². The second-order valence-electron chi connectivity index (χ2n) is 12.7. The van der Waals surface area contributed by atoms with Gasteiger partial charge >= 0.3 is 6.18 Å². The summed E-state index contributed by atoms with van der Waals surface area (Å²) in [5.41, 5.74) is -2.99. The molecule has 4 saturated carbocycles. The molecule has 0 aromatic rings. The molecule has 8 atom stereocenters. The smallest absolute Gasteiger partial charge is 0.390 e. The molecule has 32 heavy (non-hydrogen) atoms. The number of fused-ring (bicyclic) bond motifs is 3. The molecule has 0 saturated heterocycles. The maximum absolute atomic E-state index is 13.5. The molecule has 4 aliphatic carbocycles. The Morgan fingerprint density at radius 3 is 2.22 bits per heavy atom. The van der Waals surface area contributed by atoms with Crippen LogP contribution in [-0.4, -0.2) is 27.6 Å². The third kappa shape index (κ3) is 4.76. The molecular formula is C27H45F3O2. The van der Waals surface area contributed by atoms with Gasteiger partial charge in [-0.2, -0.15) is 13.2 Å². The Kier molecular flexibility index (Phi) is 7.03. The summed E-state index contributed by atoms with van der Waals surface area (Å²) in [5, 5.41) is 21.5. The summed E-state index contributed by atoms with van der Waals surface area (Å²) in [4.78, 5) is 0. The van der Waals surface area contributed by atoms with Crippen LogP contribution in [0.2, 0.25) is 0 Å². The predicted molar refractivity (Wildman–Crippen MR) is 121 cm³/mol. The van der Waals surface area contributed by atoms with Crippen LogP contribution in [0.1, 0.15) is 104 Å². The lowest BCUT2D eigenvalue weighted by molar-refractivity contribution is -0.282. The molecule has 186 valence electrons. The molecule has 2 nitrogen and oxygen atoms in total. The average molecular weight is 459 g/mol. The van der Waals surface area contributed by atoms with Gasteiger partial charge in [-0.05, 0) is 124 Å². The van der Waals surface area contributed by atoms with Gasteiger partial charge in [-0.3, -0.25) is 0 Å². The molecule has 5 heteroatoms. The molecule has 0 aromatic carbocycles. The fourth-order valence-corrected chi connectivity index (χ4v) is 8.41. The quantitative estimate of drug-likeness (QED) is 0.471. The topological polar surface area (TPSA) is 40.5 Å². The normalized spacial score (nSPS) is 48.6. The number of alkyl halides is 3. The van der Waals surface area contributed by atoms with Crippen molar-refractivity contribution < 1.29 is 23.4 Å². The predicted octanol–water partition coefficient (Wildman–Crippen LogP) is 7.13. The Bertz CT molecular complexity index is 641. The lowest BCUT2D eigenvalue weighted by Gasteiger charge is -2.56. The standard InChI is InChI=1S/C27H45F3O2/c1-17-8-12-25(31,13-9-17)14-10-19(3)21-6-4-18(2)22-7-5-20-16-26(32,27(28,29)30)15-11-23(20)24(21)22/h17-24,31-32H,4-16H2,1-3H3/t17?,18-,19+,20-,21?,22-,23-,24?,25?,26-/m0/s1. The van der Waals surface area contributed by atoms with Crippen molar-refractivity contribution in [1.82, 2.24) is 0 Å². The molecule has 0 bridgehead atoms. The molecular weight excluding hydrogens is 413 g/mol. The summed E-state index contributed by atoms with van der Waals surface area (Å²) in [6.45, 7) is 6.96.